The molecule has 0 bridgehead atoms. The molecule has 4 atom stereocenters. The summed E-state index contributed by atoms with van der Waals surface area (Å²) in [5.41, 5.74) is 6.25. The Kier molecular flexibility index (Phi) is 8.64. The van der Waals surface area contributed by atoms with E-state index in [9.17, 15) is 14.8 Å². The van der Waals surface area contributed by atoms with E-state index >= 15 is 0 Å². The molecule has 1 aliphatic rings. The zero-order chi connectivity index (χ0) is 22.5. The van der Waals surface area contributed by atoms with Crippen LogP contribution in [0.4, 0.5) is 5.82 Å². The molecule has 0 aliphatic carbocycles. The van der Waals surface area contributed by atoms with Gasteiger partial charge in [0, 0.05) is 0 Å². The number of imidazole rings is 1. The largest absolute Gasteiger partial charge is 0.469 e. The third-order valence-corrected chi connectivity index (χ3v) is 5.23. The highest BCUT2D eigenvalue weighted by atomic mass is 31.2. The maximum absolute atomic E-state index is 10.7. The highest BCUT2D eigenvalue weighted by molar-refractivity contribution is 7.46. The quantitative estimate of drug-likeness (QED) is 0.341. The van der Waals surface area contributed by atoms with Crippen LogP contribution >= 0.6 is 7.82 Å². The number of phosphoric ester groups is 1. The third kappa shape index (κ3) is 5.93. The van der Waals surface area contributed by atoms with Gasteiger partial charge in [-0.1, -0.05) is 20.8 Å². The van der Waals surface area contributed by atoms with Gasteiger partial charge < -0.3 is 35.4 Å². The summed E-state index contributed by atoms with van der Waals surface area (Å²) in [6.07, 6.45) is -2.49. The van der Waals surface area contributed by atoms with Crippen LogP contribution in [0.3, 0.4) is 0 Å². The van der Waals surface area contributed by atoms with Crippen LogP contribution in [0.5, 0.6) is 0 Å². The van der Waals surface area contributed by atoms with E-state index in [0.717, 1.165) is 0 Å². The summed E-state index contributed by atoms with van der Waals surface area (Å²) in [7, 11) is -4.72. The molecule has 1 aliphatic heterocycles. The van der Waals surface area contributed by atoms with E-state index < -0.39 is 39.0 Å². The van der Waals surface area contributed by atoms with Gasteiger partial charge in [-0.05, 0) is 19.6 Å². The fourth-order valence-electron chi connectivity index (χ4n) is 2.99. The fraction of sp³-hybridized carbons (Fsp3) is 0.688. The van der Waals surface area contributed by atoms with Crippen LogP contribution in [0.25, 0.3) is 11.2 Å². The van der Waals surface area contributed by atoms with Crippen molar-refractivity contribution in [1.82, 2.24) is 24.4 Å². The lowest BCUT2D eigenvalue weighted by atomic mass is 10.1. The molecule has 1 saturated heterocycles. The fourth-order valence-corrected chi connectivity index (χ4v) is 3.34. The molecule has 13 nitrogen and oxygen atoms in total. The first kappa shape index (κ1) is 24.6. The Bertz CT molecular complexity index is 852. The maximum atomic E-state index is 10.7. The van der Waals surface area contributed by atoms with Gasteiger partial charge >= 0.3 is 7.82 Å². The molecule has 170 valence electrons. The Morgan fingerprint density at radius 3 is 2.33 bits per heavy atom. The van der Waals surface area contributed by atoms with Crippen molar-refractivity contribution in [3.05, 3.63) is 12.7 Å². The normalized spacial score (nSPS) is 24.3. The van der Waals surface area contributed by atoms with Crippen molar-refractivity contribution in [3.8, 4) is 0 Å². The summed E-state index contributed by atoms with van der Waals surface area (Å²) in [6.45, 7) is 9.53. The number of rotatable bonds is 7. The lowest BCUT2D eigenvalue weighted by molar-refractivity contribution is -0.0504. The molecule has 3 heterocycles. The lowest BCUT2D eigenvalue weighted by Gasteiger charge is -2.16. The second-order valence-electron chi connectivity index (χ2n) is 6.54. The third-order valence-electron chi connectivity index (χ3n) is 4.75. The molecule has 0 aromatic carbocycles. The van der Waals surface area contributed by atoms with Gasteiger partial charge in [-0.15, -0.1) is 0 Å². The average molecular weight is 448 g/mol. The van der Waals surface area contributed by atoms with Crippen molar-refractivity contribution in [1.29, 1.82) is 0 Å². The van der Waals surface area contributed by atoms with E-state index in [1.54, 1.807) is 0 Å². The van der Waals surface area contributed by atoms with Crippen LogP contribution in [0.2, 0.25) is 0 Å². The van der Waals surface area contributed by atoms with Gasteiger partial charge in [0.2, 0.25) is 0 Å². The van der Waals surface area contributed by atoms with Gasteiger partial charge in [-0.2, -0.15) is 0 Å². The van der Waals surface area contributed by atoms with Gasteiger partial charge in [0.25, 0.3) is 0 Å². The zero-order valence-electron chi connectivity index (χ0n) is 17.1. The molecule has 2 aromatic rings. The zero-order valence-corrected chi connectivity index (χ0v) is 18.0. The summed E-state index contributed by atoms with van der Waals surface area (Å²) in [5.74, 6) is 0.142. The summed E-state index contributed by atoms with van der Waals surface area (Å²) in [5, 5.41) is 20.1. The minimum Gasteiger partial charge on any atom is -0.387 e. The number of phosphoric acid groups is 1. The Balaban J connectivity index is 0.000000396. The van der Waals surface area contributed by atoms with Crippen molar-refractivity contribution < 1.29 is 33.8 Å². The van der Waals surface area contributed by atoms with Gasteiger partial charge in [-0.25, -0.2) is 19.5 Å². The summed E-state index contributed by atoms with van der Waals surface area (Å²) < 4.78 is 21.8. The van der Waals surface area contributed by atoms with Gasteiger partial charge in [-0.3, -0.25) is 9.09 Å². The van der Waals surface area contributed by atoms with Crippen LogP contribution in [-0.4, -0.2) is 89.0 Å². The number of ether oxygens (including phenoxy) is 1. The van der Waals surface area contributed by atoms with Crippen LogP contribution in [-0.2, 0) is 13.8 Å². The summed E-state index contributed by atoms with van der Waals surface area (Å²) in [4.78, 5) is 31.6. The number of nitrogen functional groups attached to an aromatic ring is 1. The SMILES string of the molecule is CCN(CC)CC.Nc1ncnc2c1ncn2C1O[C@H](COP(=O)(O)O)[C@@H](O)[C@@H]1O. The molecule has 30 heavy (non-hydrogen) atoms. The number of aliphatic hydroxyl groups excluding tert-OH is 2. The first-order valence-electron chi connectivity index (χ1n) is 9.49. The highest BCUT2D eigenvalue weighted by Gasteiger charge is 2.45. The number of fused-ring (bicyclic) bond motifs is 1. The second-order valence-corrected chi connectivity index (χ2v) is 7.77. The molecular weight excluding hydrogens is 419 g/mol. The maximum Gasteiger partial charge on any atom is 0.469 e. The first-order chi connectivity index (χ1) is 14.1. The second kappa shape index (κ2) is 10.6. The van der Waals surface area contributed by atoms with E-state index in [4.69, 9.17) is 20.3 Å². The molecule has 0 amide bonds. The predicted octanol–water partition coefficient (Wildman–Crippen LogP) is -0.515. The van der Waals surface area contributed by atoms with Gasteiger partial charge in [0.05, 0.1) is 12.9 Å². The molecule has 0 spiro atoms. The van der Waals surface area contributed by atoms with E-state index in [1.807, 2.05) is 0 Å². The van der Waals surface area contributed by atoms with E-state index in [-0.39, 0.29) is 11.5 Å². The van der Waals surface area contributed by atoms with Gasteiger partial charge in [0.1, 0.15) is 30.2 Å². The van der Waals surface area contributed by atoms with Crippen LogP contribution < -0.4 is 5.73 Å². The number of nitrogens with two attached hydrogens (primary N) is 1. The van der Waals surface area contributed by atoms with Crippen molar-refractivity contribution >= 4 is 24.8 Å². The van der Waals surface area contributed by atoms with Gasteiger partial charge in [0.15, 0.2) is 17.7 Å². The highest BCUT2D eigenvalue weighted by Crippen LogP contribution is 2.38. The summed E-state index contributed by atoms with van der Waals surface area (Å²) in [6, 6.07) is 0. The van der Waals surface area contributed by atoms with Crippen molar-refractivity contribution in [2.45, 2.75) is 45.3 Å². The van der Waals surface area contributed by atoms with Crippen molar-refractivity contribution in [2.75, 3.05) is 32.0 Å². The molecule has 3 rings (SSSR count). The average Bonchev–Trinajstić information content (AvgIpc) is 3.24. The lowest BCUT2D eigenvalue weighted by Crippen LogP contribution is -2.33. The molecule has 14 heteroatoms. The Hall–Kier alpha value is -1.70. The number of hydrogen-bond donors (Lipinski definition) is 5. The monoisotopic (exact) mass is 448 g/mol. The van der Waals surface area contributed by atoms with Crippen molar-refractivity contribution in [3.63, 3.8) is 0 Å². The number of nitrogens with zero attached hydrogens (tertiary/aromatic N) is 5. The minimum atomic E-state index is -4.72. The number of anilines is 1. The molecule has 0 saturated carbocycles. The van der Waals surface area contributed by atoms with Crippen LogP contribution in [0, 0.1) is 0 Å². The van der Waals surface area contributed by atoms with Crippen LogP contribution in [0.1, 0.15) is 27.0 Å². The van der Waals surface area contributed by atoms with Crippen LogP contribution in [0.15, 0.2) is 12.7 Å². The molecule has 2 aromatic heterocycles. The number of hydrogen-bond acceptors (Lipinski definition) is 10. The van der Waals surface area contributed by atoms with Crippen molar-refractivity contribution in [2.24, 2.45) is 0 Å². The molecule has 1 unspecified atom stereocenters. The minimum absolute atomic E-state index is 0.142. The predicted molar refractivity (Wildman–Crippen MR) is 107 cm³/mol. The number of aromatic nitrogens is 4. The van der Waals surface area contributed by atoms with E-state index in [1.165, 1.54) is 36.9 Å². The molecule has 6 N–H and O–H groups in total. The van der Waals surface area contributed by atoms with E-state index in [0.29, 0.717) is 5.52 Å². The standard InChI is InChI=1S/C10H14N5O7P.C6H15N/c11-8-5-9(13-2-12-8)15(3-14-5)10-7(17)6(16)4(22-10)1-21-23(18,19)20;1-4-7(5-2)6-3/h2-4,6-7,10,16-17H,1H2,(H2,11,12,13)(H2,18,19,20);4-6H2,1-3H3/t4-,6-,7+,10?;/m1./s1. The Morgan fingerprint density at radius 1 is 1.17 bits per heavy atom. The summed E-state index contributed by atoms with van der Waals surface area (Å²) >= 11 is 0. The topological polar surface area (TPSA) is 189 Å². The first-order valence-corrected chi connectivity index (χ1v) is 11.0. The number of aliphatic hydroxyl groups is 2. The molecule has 1 fully saturated rings. The van der Waals surface area contributed by atoms with E-state index in [2.05, 4.69) is 45.1 Å². The Morgan fingerprint density at radius 2 is 1.80 bits per heavy atom. The smallest absolute Gasteiger partial charge is 0.387 e. The molecular formula is C16H29N6O7P. The Labute approximate surface area is 173 Å². The molecule has 0 radical (unpaired) electrons.